The topological polar surface area (TPSA) is 55.2 Å². The minimum Gasteiger partial charge on any atom is -0.496 e. The Hall–Kier alpha value is -1.46. The minimum absolute atomic E-state index is 0.154. The molecule has 2 aromatic rings. The van der Waals surface area contributed by atoms with Gasteiger partial charge in [-0.2, -0.15) is 0 Å². The fourth-order valence-corrected chi connectivity index (χ4v) is 2.28. The van der Waals surface area contributed by atoms with Gasteiger partial charge in [0, 0.05) is 24.8 Å². The summed E-state index contributed by atoms with van der Waals surface area (Å²) in [5.74, 6) is 1.54. The average Bonchev–Trinajstić information content (AvgIpc) is 2.45. The van der Waals surface area contributed by atoms with Crippen molar-refractivity contribution in [2.45, 2.75) is 12.8 Å². The van der Waals surface area contributed by atoms with Gasteiger partial charge in [-0.1, -0.05) is 0 Å². The molecule has 2 rings (SSSR count). The molecule has 0 aliphatic rings. The number of benzene rings is 1. The van der Waals surface area contributed by atoms with Crippen LogP contribution >= 0.6 is 15.9 Å². The van der Waals surface area contributed by atoms with E-state index in [2.05, 4.69) is 25.9 Å². The number of ether oxygens (including phenoxy) is 1. The molecule has 1 N–H and O–H groups in total. The summed E-state index contributed by atoms with van der Waals surface area (Å²) in [6, 6.07) is 7.70. The van der Waals surface area contributed by atoms with Gasteiger partial charge in [-0.3, -0.25) is 0 Å². The second-order valence-electron chi connectivity index (χ2n) is 4.03. The first-order chi connectivity index (χ1) is 9.24. The lowest BCUT2D eigenvalue weighted by Gasteiger charge is -2.07. The van der Waals surface area contributed by atoms with Gasteiger partial charge in [0.25, 0.3) is 0 Å². The quantitative estimate of drug-likeness (QED) is 0.919. The molecule has 0 spiro atoms. The lowest BCUT2D eigenvalue weighted by molar-refractivity contribution is 0.287. The van der Waals surface area contributed by atoms with Crippen molar-refractivity contribution in [3.63, 3.8) is 0 Å². The van der Waals surface area contributed by atoms with Crippen molar-refractivity contribution in [1.82, 2.24) is 9.97 Å². The SMILES string of the molecule is COc1ccc(-c2ccnc(CCCO)n2)cc1Br. The zero-order chi connectivity index (χ0) is 13.7. The first kappa shape index (κ1) is 14.0. The number of hydrogen-bond donors (Lipinski definition) is 1. The van der Waals surface area contributed by atoms with Crippen LogP contribution in [-0.2, 0) is 6.42 Å². The van der Waals surface area contributed by atoms with Gasteiger partial charge in [0.1, 0.15) is 11.6 Å². The zero-order valence-electron chi connectivity index (χ0n) is 10.6. The van der Waals surface area contributed by atoms with Crippen molar-refractivity contribution in [3.8, 4) is 17.0 Å². The Balaban J connectivity index is 2.28. The van der Waals surface area contributed by atoms with Crippen LogP contribution in [0.1, 0.15) is 12.2 Å². The molecule has 0 radical (unpaired) electrons. The number of methoxy groups -OCH3 is 1. The fourth-order valence-electron chi connectivity index (χ4n) is 1.74. The highest BCUT2D eigenvalue weighted by atomic mass is 79.9. The Bertz CT molecular complexity index is 561. The number of halogens is 1. The molecule has 0 fully saturated rings. The van der Waals surface area contributed by atoms with E-state index in [4.69, 9.17) is 9.84 Å². The molecule has 0 bridgehead atoms. The summed E-state index contributed by atoms with van der Waals surface area (Å²) in [5.41, 5.74) is 1.87. The zero-order valence-corrected chi connectivity index (χ0v) is 12.2. The van der Waals surface area contributed by atoms with Crippen molar-refractivity contribution in [2.75, 3.05) is 13.7 Å². The van der Waals surface area contributed by atoms with Crippen molar-refractivity contribution < 1.29 is 9.84 Å². The molecule has 1 aromatic heterocycles. The van der Waals surface area contributed by atoms with Gasteiger partial charge < -0.3 is 9.84 Å². The summed E-state index contributed by atoms with van der Waals surface area (Å²) < 4.78 is 6.10. The number of aromatic nitrogens is 2. The molecule has 19 heavy (non-hydrogen) atoms. The molecule has 0 amide bonds. The molecule has 0 aliphatic carbocycles. The van der Waals surface area contributed by atoms with E-state index in [-0.39, 0.29) is 6.61 Å². The highest BCUT2D eigenvalue weighted by Crippen LogP contribution is 2.29. The molecule has 1 heterocycles. The van der Waals surface area contributed by atoms with E-state index in [0.717, 1.165) is 27.3 Å². The number of hydrogen-bond acceptors (Lipinski definition) is 4. The van der Waals surface area contributed by atoms with E-state index in [1.165, 1.54) is 0 Å². The van der Waals surface area contributed by atoms with Crippen LogP contribution in [0.2, 0.25) is 0 Å². The van der Waals surface area contributed by atoms with Crippen LogP contribution in [-0.4, -0.2) is 28.8 Å². The molecular formula is C14H15BrN2O2. The summed E-state index contributed by atoms with van der Waals surface area (Å²) in [6.45, 7) is 0.154. The number of aliphatic hydroxyl groups excluding tert-OH is 1. The number of rotatable bonds is 5. The van der Waals surface area contributed by atoms with Gasteiger partial charge in [-0.25, -0.2) is 9.97 Å². The van der Waals surface area contributed by atoms with Crippen LogP contribution in [0, 0.1) is 0 Å². The lowest BCUT2D eigenvalue weighted by Crippen LogP contribution is -1.98. The van der Waals surface area contributed by atoms with Gasteiger partial charge in [-0.05, 0) is 46.6 Å². The molecule has 5 heteroatoms. The number of nitrogens with zero attached hydrogens (tertiary/aromatic N) is 2. The van der Waals surface area contributed by atoms with E-state index in [1.807, 2.05) is 24.3 Å². The number of aliphatic hydroxyl groups is 1. The molecule has 0 unspecified atom stereocenters. The van der Waals surface area contributed by atoms with Crippen LogP contribution in [0.4, 0.5) is 0 Å². The molecular weight excluding hydrogens is 308 g/mol. The first-order valence-electron chi connectivity index (χ1n) is 6.01. The molecule has 0 atom stereocenters. The van der Waals surface area contributed by atoms with Crippen LogP contribution in [0.5, 0.6) is 5.75 Å². The Morgan fingerprint density at radius 2 is 2.16 bits per heavy atom. The number of aryl methyl sites for hydroxylation is 1. The monoisotopic (exact) mass is 322 g/mol. The standard InChI is InChI=1S/C14H15BrN2O2/c1-19-13-5-4-10(9-11(13)15)12-6-7-16-14(17-12)3-2-8-18/h4-7,9,18H,2-3,8H2,1H3. The van der Waals surface area contributed by atoms with Crippen LogP contribution in [0.15, 0.2) is 34.9 Å². The summed E-state index contributed by atoms with van der Waals surface area (Å²) in [5, 5.41) is 8.83. The summed E-state index contributed by atoms with van der Waals surface area (Å²) in [4.78, 5) is 8.69. The van der Waals surface area contributed by atoms with Crippen LogP contribution in [0.3, 0.4) is 0 Å². The van der Waals surface area contributed by atoms with Crippen molar-refractivity contribution in [2.24, 2.45) is 0 Å². The van der Waals surface area contributed by atoms with Gasteiger partial charge in [0.05, 0.1) is 17.3 Å². The Kier molecular flexibility index (Phi) is 4.87. The summed E-state index contributed by atoms with van der Waals surface area (Å²) in [7, 11) is 1.64. The average molecular weight is 323 g/mol. The molecule has 1 aromatic carbocycles. The Labute approximate surface area is 120 Å². The molecule has 0 aliphatic heterocycles. The Morgan fingerprint density at radius 3 is 2.84 bits per heavy atom. The largest absolute Gasteiger partial charge is 0.496 e. The minimum atomic E-state index is 0.154. The van der Waals surface area contributed by atoms with Gasteiger partial charge >= 0.3 is 0 Å². The predicted octanol–water partition coefficient (Wildman–Crippen LogP) is 2.84. The van der Waals surface area contributed by atoms with Crippen molar-refractivity contribution >= 4 is 15.9 Å². The van der Waals surface area contributed by atoms with E-state index >= 15 is 0 Å². The van der Waals surface area contributed by atoms with Crippen LogP contribution in [0.25, 0.3) is 11.3 Å². The van der Waals surface area contributed by atoms with Crippen LogP contribution < -0.4 is 4.74 Å². The maximum absolute atomic E-state index is 8.83. The smallest absolute Gasteiger partial charge is 0.133 e. The first-order valence-corrected chi connectivity index (χ1v) is 6.80. The fraction of sp³-hybridized carbons (Fsp3) is 0.286. The van der Waals surface area contributed by atoms with Gasteiger partial charge in [0.15, 0.2) is 0 Å². The normalized spacial score (nSPS) is 10.5. The van der Waals surface area contributed by atoms with Gasteiger partial charge in [-0.15, -0.1) is 0 Å². The Morgan fingerprint density at radius 1 is 1.32 bits per heavy atom. The summed E-state index contributed by atoms with van der Waals surface area (Å²) in [6.07, 6.45) is 3.10. The van der Waals surface area contributed by atoms with Crippen molar-refractivity contribution in [3.05, 3.63) is 40.8 Å². The van der Waals surface area contributed by atoms with Gasteiger partial charge in [0.2, 0.25) is 0 Å². The third-order valence-electron chi connectivity index (χ3n) is 2.71. The molecule has 0 saturated heterocycles. The molecule has 4 nitrogen and oxygen atoms in total. The third-order valence-corrected chi connectivity index (χ3v) is 3.33. The van der Waals surface area contributed by atoms with E-state index in [1.54, 1.807) is 13.3 Å². The van der Waals surface area contributed by atoms with E-state index < -0.39 is 0 Å². The highest BCUT2D eigenvalue weighted by Gasteiger charge is 2.06. The molecule has 100 valence electrons. The van der Waals surface area contributed by atoms with Crippen molar-refractivity contribution in [1.29, 1.82) is 0 Å². The lowest BCUT2D eigenvalue weighted by atomic mass is 10.1. The van der Waals surface area contributed by atoms with E-state index in [0.29, 0.717) is 12.8 Å². The summed E-state index contributed by atoms with van der Waals surface area (Å²) >= 11 is 3.46. The maximum Gasteiger partial charge on any atom is 0.133 e. The third kappa shape index (κ3) is 3.52. The second-order valence-corrected chi connectivity index (χ2v) is 4.89. The predicted molar refractivity (Wildman–Crippen MR) is 77.1 cm³/mol. The molecule has 0 saturated carbocycles. The second kappa shape index (κ2) is 6.63. The van der Waals surface area contributed by atoms with E-state index in [9.17, 15) is 0 Å². The highest BCUT2D eigenvalue weighted by molar-refractivity contribution is 9.10. The maximum atomic E-state index is 8.83.